The molecule has 0 aromatic carbocycles. The van der Waals surface area contributed by atoms with Crippen LogP contribution in [0.25, 0.3) is 0 Å². The minimum Gasteiger partial charge on any atom is -0.349 e. The van der Waals surface area contributed by atoms with Gasteiger partial charge >= 0.3 is 0 Å². The number of H-pyrrole nitrogens is 1. The van der Waals surface area contributed by atoms with E-state index in [0.717, 1.165) is 36.9 Å². The first kappa shape index (κ1) is 14.8. The molecule has 1 fully saturated rings. The molecule has 1 saturated carbocycles. The molecule has 4 heteroatoms. The number of carbonyl (C=O) groups is 1. The zero-order valence-electron chi connectivity index (χ0n) is 12.4. The van der Waals surface area contributed by atoms with Crippen molar-refractivity contribution in [1.82, 2.24) is 10.3 Å². The van der Waals surface area contributed by atoms with E-state index in [1.54, 1.807) is 0 Å². The van der Waals surface area contributed by atoms with E-state index in [4.69, 9.17) is 0 Å². The second kappa shape index (κ2) is 6.73. The van der Waals surface area contributed by atoms with Gasteiger partial charge in [0.2, 0.25) is 0 Å². The van der Waals surface area contributed by atoms with Gasteiger partial charge in [0.15, 0.2) is 0 Å². The molecule has 0 aliphatic heterocycles. The molecular formula is C16H24N2O2. The summed E-state index contributed by atoms with van der Waals surface area (Å²) in [6, 6.07) is 2.05. The number of nitrogens with one attached hydrogen (secondary N) is 2. The molecule has 0 radical (unpaired) electrons. The van der Waals surface area contributed by atoms with Crippen LogP contribution >= 0.6 is 0 Å². The Morgan fingerprint density at radius 2 is 1.75 bits per heavy atom. The van der Waals surface area contributed by atoms with Crippen molar-refractivity contribution in [3.63, 3.8) is 0 Å². The number of amides is 1. The normalized spacial score (nSPS) is 17.3. The molecule has 0 unspecified atom stereocenters. The van der Waals surface area contributed by atoms with Crippen LogP contribution in [0.2, 0.25) is 0 Å². The average Bonchev–Trinajstić information content (AvgIpc) is 2.31. The molecule has 20 heavy (non-hydrogen) atoms. The van der Waals surface area contributed by atoms with Crippen LogP contribution in [-0.4, -0.2) is 16.9 Å². The van der Waals surface area contributed by atoms with Crippen LogP contribution in [0, 0.1) is 13.8 Å². The highest BCUT2D eigenvalue weighted by molar-refractivity contribution is 5.95. The van der Waals surface area contributed by atoms with Crippen molar-refractivity contribution in [1.29, 1.82) is 0 Å². The van der Waals surface area contributed by atoms with E-state index in [-0.39, 0.29) is 23.1 Å². The maximum absolute atomic E-state index is 12.3. The van der Waals surface area contributed by atoms with Gasteiger partial charge in [0.05, 0.1) is 0 Å². The number of aromatic amines is 1. The smallest absolute Gasteiger partial charge is 0.261 e. The molecule has 1 aromatic heterocycles. The third-order valence-electron chi connectivity index (χ3n) is 4.03. The summed E-state index contributed by atoms with van der Waals surface area (Å²) in [6.07, 6.45) is 8.16. The van der Waals surface area contributed by atoms with Gasteiger partial charge in [0, 0.05) is 11.7 Å². The van der Waals surface area contributed by atoms with E-state index >= 15 is 0 Å². The van der Waals surface area contributed by atoms with Crippen molar-refractivity contribution in [2.75, 3.05) is 0 Å². The molecular weight excluding hydrogens is 252 g/mol. The number of hydrogen-bond donors (Lipinski definition) is 2. The molecule has 4 nitrogen and oxygen atoms in total. The number of pyridine rings is 1. The van der Waals surface area contributed by atoms with Crippen LogP contribution in [0.1, 0.15) is 66.6 Å². The lowest BCUT2D eigenvalue weighted by molar-refractivity contribution is 0.0928. The Morgan fingerprint density at radius 3 is 2.35 bits per heavy atom. The number of aryl methyl sites for hydroxylation is 2. The zero-order valence-corrected chi connectivity index (χ0v) is 12.4. The highest BCUT2D eigenvalue weighted by Gasteiger charge is 2.19. The summed E-state index contributed by atoms with van der Waals surface area (Å²) in [6.45, 7) is 3.64. The van der Waals surface area contributed by atoms with Crippen molar-refractivity contribution >= 4 is 5.91 Å². The fourth-order valence-electron chi connectivity index (χ4n) is 2.99. The van der Waals surface area contributed by atoms with Gasteiger partial charge in [0.25, 0.3) is 11.5 Å². The van der Waals surface area contributed by atoms with E-state index < -0.39 is 0 Å². The second-order valence-corrected chi connectivity index (χ2v) is 5.85. The Labute approximate surface area is 120 Å². The largest absolute Gasteiger partial charge is 0.349 e. The maximum atomic E-state index is 12.3. The van der Waals surface area contributed by atoms with Gasteiger partial charge in [-0.15, -0.1) is 0 Å². The fourth-order valence-corrected chi connectivity index (χ4v) is 2.99. The van der Waals surface area contributed by atoms with Crippen LogP contribution in [0.5, 0.6) is 0 Å². The second-order valence-electron chi connectivity index (χ2n) is 5.85. The Hall–Kier alpha value is -1.58. The van der Waals surface area contributed by atoms with Gasteiger partial charge in [-0.2, -0.15) is 0 Å². The topological polar surface area (TPSA) is 62.0 Å². The van der Waals surface area contributed by atoms with Gasteiger partial charge in [-0.25, -0.2) is 0 Å². The summed E-state index contributed by atoms with van der Waals surface area (Å²) < 4.78 is 0. The predicted molar refractivity (Wildman–Crippen MR) is 80.1 cm³/mol. The fraction of sp³-hybridized carbons (Fsp3) is 0.625. The molecule has 0 atom stereocenters. The minimum atomic E-state index is -0.286. The standard InChI is InChI=1S/C16H24N2O2/c1-11-10-12(2)17-15(19)14(11)16(20)18-13-8-6-4-3-5-7-9-13/h10,13H,3-9H2,1-2H3,(H,17,19)(H,18,20). The number of hydrogen-bond acceptors (Lipinski definition) is 2. The summed E-state index contributed by atoms with van der Waals surface area (Å²) >= 11 is 0. The Balaban J connectivity index is 2.09. The molecule has 1 heterocycles. The van der Waals surface area contributed by atoms with E-state index in [1.165, 1.54) is 19.3 Å². The first-order valence-electron chi connectivity index (χ1n) is 7.59. The zero-order chi connectivity index (χ0) is 14.5. The van der Waals surface area contributed by atoms with Gasteiger partial charge in [-0.1, -0.05) is 32.1 Å². The number of carbonyl (C=O) groups excluding carboxylic acids is 1. The highest BCUT2D eigenvalue weighted by atomic mass is 16.2. The van der Waals surface area contributed by atoms with Gasteiger partial charge in [-0.05, 0) is 38.3 Å². The molecule has 1 amide bonds. The average molecular weight is 276 g/mol. The molecule has 0 bridgehead atoms. The number of rotatable bonds is 2. The van der Waals surface area contributed by atoms with Crippen LogP contribution < -0.4 is 10.9 Å². The summed E-state index contributed by atoms with van der Waals surface area (Å²) in [7, 11) is 0. The summed E-state index contributed by atoms with van der Waals surface area (Å²) in [5, 5.41) is 3.05. The molecule has 110 valence electrons. The van der Waals surface area contributed by atoms with Gasteiger partial charge < -0.3 is 10.3 Å². The molecule has 1 aromatic rings. The van der Waals surface area contributed by atoms with E-state index in [2.05, 4.69) is 10.3 Å². The van der Waals surface area contributed by atoms with E-state index in [0.29, 0.717) is 0 Å². The highest BCUT2D eigenvalue weighted by Crippen LogP contribution is 2.17. The Kier molecular flexibility index (Phi) is 4.99. The first-order chi connectivity index (χ1) is 9.58. The van der Waals surface area contributed by atoms with E-state index in [1.807, 2.05) is 19.9 Å². The molecule has 0 saturated heterocycles. The van der Waals surface area contributed by atoms with Crippen LogP contribution in [0.4, 0.5) is 0 Å². The van der Waals surface area contributed by atoms with Crippen molar-refractivity contribution in [2.24, 2.45) is 0 Å². The van der Waals surface area contributed by atoms with Gasteiger partial charge in [0.1, 0.15) is 5.56 Å². The quantitative estimate of drug-likeness (QED) is 0.872. The lowest BCUT2D eigenvalue weighted by Gasteiger charge is -2.21. The lowest BCUT2D eigenvalue weighted by atomic mass is 9.96. The summed E-state index contributed by atoms with van der Waals surface area (Å²) in [4.78, 5) is 27.0. The Bertz CT molecular complexity index is 526. The lowest BCUT2D eigenvalue weighted by Crippen LogP contribution is -2.38. The van der Waals surface area contributed by atoms with Crippen molar-refractivity contribution < 1.29 is 4.79 Å². The Morgan fingerprint density at radius 1 is 1.15 bits per heavy atom. The molecule has 2 rings (SSSR count). The minimum absolute atomic E-state index is 0.211. The van der Waals surface area contributed by atoms with E-state index in [9.17, 15) is 9.59 Å². The van der Waals surface area contributed by atoms with Crippen molar-refractivity contribution in [2.45, 2.75) is 64.8 Å². The van der Waals surface area contributed by atoms with Crippen LogP contribution in [0.15, 0.2) is 10.9 Å². The van der Waals surface area contributed by atoms with Crippen LogP contribution in [-0.2, 0) is 0 Å². The predicted octanol–water partition coefficient (Wildman–Crippen LogP) is 2.83. The first-order valence-corrected chi connectivity index (χ1v) is 7.59. The molecule has 1 aliphatic carbocycles. The molecule has 2 N–H and O–H groups in total. The maximum Gasteiger partial charge on any atom is 0.261 e. The number of aromatic nitrogens is 1. The van der Waals surface area contributed by atoms with Crippen LogP contribution in [0.3, 0.4) is 0 Å². The monoisotopic (exact) mass is 276 g/mol. The van der Waals surface area contributed by atoms with Crippen molar-refractivity contribution in [3.8, 4) is 0 Å². The van der Waals surface area contributed by atoms with Crippen molar-refractivity contribution in [3.05, 3.63) is 33.2 Å². The SMILES string of the molecule is Cc1cc(C)c(C(=O)NC2CCCCCCC2)c(=O)[nH]1. The third-order valence-corrected chi connectivity index (χ3v) is 4.03. The third kappa shape index (κ3) is 3.71. The summed E-state index contributed by atoms with van der Waals surface area (Å²) in [5.74, 6) is -0.227. The molecule has 0 spiro atoms. The summed E-state index contributed by atoms with van der Waals surface area (Å²) in [5.41, 5.74) is 1.51. The van der Waals surface area contributed by atoms with Gasteiger partial charge in [-0.3, -0.25) is 9.59 Å². The molecule has 1 aliphatic rings.